The van der Waals surface area contributed by atoms with Gasteiger partial charge in [-0.05, 0) is 24.1 Å². The minimum Gasteiger partial charge on any atom is -0.496 e. The first-order chi connectivity index (χ1) is 7.22. The van der Waals surface area contributed by atoms with Crippen LogP contribution in [-0.2, 0) is 6.42 Å². The largest absolute Gasteiger partial charge is 0.496 e. The summed E-state index contributed by atoms with van der Waals surface area (Å²) in [4.78, 5) is 3.19. The molecule has 0 heterocycles. The Balaban J connectivity index is 3.06. The quantitative estimate of drug-likeness (QED) is 0.765. The lowest BCUT2D eigenvalue weighted by Crippen LogP contribution is -2.03. The van der Waals surface area contributed by atoms with Gasteiger partial charge in [0, 0.05) is 5.56 Å². The van der Waals surface area contributed by atoms with Gasteiger partial charge in [-0.1, -0.05) is 13.0 Å². The molecule has 0 amide bonds. The van der Waals surface area contributed by atoms with Gasteiger partial charge in [-0.25, -0.2) is 6.57 Å². The molecule has 0 aliphatic heterocycles. The van der Waals surface area contributed by atoms with Gasteiger partial charge in [0.15, 0.2) is 6.10 Å². The second-order valence-corrected chi connectivity index (χ2v) is 3.29. The van der Waals surface area contributed by atoms with E-state index in [1.165, 1.54) is 0 Å². The molecule has 3 nitrogen and oxygen atoms in total. The van der Waals surface area contributed by atoms with E-state index < -0.39 is 6.10 Å². The molecule has 1 N–H and O–H groups in total. The van der Waals surface area contributed by atoms with Gasteiger partial charge in [-0.2, -0.15) is 0 Å². The number of ether oxygens (including phenoxy) is 1. The van der Waals surface area contributed by atoms with E-state index in [1.54, 1.807) is 7.11 Å². The summed E-state index contributed by atoms with van der Waals surface area (Å²) >= 11 is 0. The van der Waals surface area contributed by atoms with Crippen LogP contribution in [0.5, 0.6) is 5.75 Å². The maximum Gasteiger partial charge on any atom is 0.244 e. The molecule has 3 heteroatoms. The van der Waals surface area contributed by atoms with Gasteiger partial charge in [0.25, 0.3) is 0 Å². The standard InChI is InChI=1S/C12H15NO2/c1-4-9-5-6-12(15-3)10(7-9)11(14)8-13-2/h5-7,11,14H,4,8H2,1,3H3. The van der Waals surface area contributed by atoms with Crippen molar-refractivity contribution in [2.24, 2.45) is 0 Å². The average molecular weight is 205 g/mol. The molecule has 0 saturated heterocycles. The SMILES string of the molecule is [C-]#[N+]CC(O)c1cc(CC)ccc1OC. The molecule has 0 aliphatic carbocycles. The number of methoxy groups -OCH3 is 1. The third-order valence-corrected chi connectivity index (χ3v) is 2.33. The smallest absolute Gasteiger partial charge is 0.244 e. The molecule has 0 spiro atoms. The molecule has 0 saturated carbocycles. The van der Waals surface area contributed by atoms with Gasteiger partial charge in [0.05, 0.1) is 7.11 Å². The molecule has 1 aromatic carbocycles. The van der Waals surface area contributed by atoms with Crippen LogP contribution in [0, 0.1) is 6.57 Å². The summed E-state index contributed by atoms with van der Waals surface area (Å²) in [7, 11) is 1.56. The fourth-order valence-electron chi connectivity index (χ4n) is 1.45. The van der Waals surface area contributed by atoms with E-state index in [4.69, 9.17) is 11.3 Å². The van der Waals surface area contributed by atoms with E-state index in [9.17, 15) is 5.11 Å². The molecule has 0 fully saturated rings. The second-order valence-electron chi connectivity index (χ2n) is 3.29. The Hall–Kier alpha value is -1.53. The number of rotatable bonds is 4. The van der Waals surface area contributed by atoms with Gasteiger partial charge in [0.1, 0.15) is 5.75 Å². The topological polar surface area (TPSA) is 33.8 Å². The van der Waals surface area contributed by atoms with Crippen LogP contribution in [-0.4, -0.2) is 18.8 Å². The number of nitrogens with zero attached hydrogens (tertiary/aromatic N) is 1. The average Bonchev–Trinajstić information content (AvgIpc) is 2.28. The highest BCUT2D eigenvalue weighted by molar-refractivity contribution is 5.39. The zero-order chi connectivity index (χ0) is 11.3. The Morgan fingerprint density at radius 3 is 2.80 bits per heavy atom. The Bertz CT molecular complexity index is 368. The maximum absolute atomic E-state index is 9.76. The van der Waals surface area contributed by atoms with Crippen LogP contribution in [0.3, 0.4) is 0 Å². The first-order valence-electron chi connectivity index (χ1n) is 4.91. The highest BCUT2D eigenvalue weighted by Crippen LogP contribution is 2.26. The van der Waals surface area contributed by atoms with Crippen molar-refractivity contribution in [1.82, 2.24) is 0 Å². The lowest BCUT2D eigenvalue weighted by Gasteiger charge is -2.12. The van der Waals surface area contributed by atoms with Crippen LogP contribution in [0.15, 0.2) is 18.2 Å². The number of aliphatic hydroxyl groups excluding tert-OH is 1. The van der Waals surface area contributed by atoms with Gasteiger partial charge < -0.3 is 14.7 Å². The Labute approximate surface area is 90.1 Å². The molecule has 0 bridgehead atoms. The lowest BCUT2D eigenvalue weighted by atomic mass is 10.0. The summed E-state index contributed by atoms with van der Waals surface area (Å²) in [6.07, 6.45) is 0.144. The van der Waals surface area contributed by atoms with Crippen LogP contribution in [0.4, 0.5) is 0 Å². The summed E-state index contributed by atoms with van der Waals surface area (Å²) in [5.74, 6) is 0.642. The predicted molar refractivity (Wildman–Crippen MR) is 58.8 cm³/mol. The monoisotopic (exact) mass is 205 g/mol. The normalized spacial score (nSPS) is 11.9. The Morgan fingerprint density at radius 1 is 1.53 bits per heavy atom. The molecule has 1 aromatic rings. The van der Waals surface area contributed by atoms with Crippen LogP contribution in [0.2, 0.25) is 0 Å². The van der Waals surface area contributed by atoms with E-state index in [-0.39, 0.29) is 6.54 Å². The van der Waals surface area contributed by atoms with E-state index in [2.05, 4.69) is 4.85 Å². The van der Waals surface area contributed by atoms with Gasteiger partial charge >= 0.3 is 0 Å². The van der Waals surface area contributed by atoms with Crippen molar-refractivity contribution in [2.45, 2.75) is 19.4 Å². The van der Waals surface area contributed by atoms with E-state index in [1.807, 2.05) is 25.1 Å². The highest BCUT2D eigenvalue weighted by Gasteiger charge is 2.15. The predicted octanol–water partition coefficient (Wildman–Crippen LogP) is 2.21. The molecule has 0 aromatic heterocycles. The Kier molecular flexibility index (Phi) is 4.14. The van der Waals surface area contributed by atoms with Crippen molar-refractivity contribution in [3.05, 3.63) is 40.7 Å². The van der Waals surface area contributed by atoms with Gasteiger partial charge in [-0.3, -0.25) is 0 Å². The first-order valence-corrected chi connectivity index (χ1v) is 4.91. The number of aliphatic hydroxyl groups is 1. The van der Waals surface area contributed by atoms with E-state index in [0.29, 0.717) is 11.3 Å². The molecular weight excluding hydrogens is 190 g/mol. The summed E-state index contributed by atoms with van der Waals surface area (Å²) in [5.41, 5.74) is 1.84. The van der Waals surface area contributed by atoms with Crippen LogP contribution >= 0.6 is 0 Å². The fraction of sp³-hybridized carbons (Fsp3) is 0.417. The fourth-order valence-corrected chi connectivity index (χ4v) is 1.45. The van der Waals surface area contributed by atoms with E-state index >= 15 is 0 Å². The van der Waals surface area contributed by atoms with Gasteiger partial charge in [0.2, 0.25) is 6.54 Å². The first kappa shape index (κ1) is 11.5. The highest BCUT2D eigenvalue weighted by atomic mass is 16.5. The molecule has 15 heavy (non-hydrogen) atoms. The van der Waals surface area contributed by atoms with Crippen molar-refractivity contribution in [3.8, 4) is 5.75 Å². The molecule has 0 aliphatic rings. The van der Waals surface area contributed by atoms with Crippen molar-refractivity contribution in [2.75, 3.05) is 13.7 Å². The van der Waals surface area contributed by atoms with Crippen molar-refractivity contribution >= 4 is 0 Å². The molecular formula is C12H15NO2. The number of hydrogen-bond donors (Lipinski definition) is 1. The third-order valence-electron chi connectivity index (χ3n) is 2.33. The Morgan fingerprint density at radius 2 is 2.27 bits per heavy atom. The van der Waals surface area contributed by atoms with Crippen LogP contribution in [0.25, 0.3) is 4.85 Å². The minimum absolute atomic E-state index is 0.0729. The maximum atomic E-state index is 9.76. The van der Waals surface area contributed by atoms with Gasteiger partial charge in [-0.15, -0.1) is 0 Å². The molecule has 1 atom stereocenters. The van der Waals surface area contributed by atoms with Crippen molar-refractivity contribution in [1.29, 1.82) is 0 Å². The summed E-state index contributed by atoms with van der Waals surface area (Å²) in [6.45, 7) is 8.85. The molecule has 1 unspecified atom stereocenters. The summed E-state index contributed by atoms with van der Waals surface area (Å²) in [6, 6.07) is 5.70. The number of benzene rings is 1. The van der Waals surface area contributed by atoms with Crippen molar-refractivity contribution < 1.29 is 9.84 Å². The van der Waals surface area contributed by atoms with E-state index in [0.717, 1.165) is 12.0 Å². The summed E-state index contributed by atoms with van der Waals surface area (Å²) < 4.78 is 5.15. The minimum atomic E-state index is -0.760. The summed E-state index contributed by atoms with van der Waals surface area (Å²) in [5, 5.41) is 9.76. The lowest BCUT2D eigenvalue weighted by molar-refractivity contribution is 0.190. The third kappa shape index (κ3) is 2.71. The van der Waals surface area contributed by atoms with Crippen LogP contribution in [0.1, 0.15) is 24.2 Å². The second kappa shape index (κ2) is 5.38. The molecule has 1 rings (SSSR count). The zero-order valence-electron chi connectivity index (χ0n) is 9.03. The molecule has 80 valence electrons. The number of hydrogen-bond acceptors (Lipinski definition) is 2. The van der Waals surface area contributed by atoms with Crippen molar-refractivity contribution in [3.63, 3.8) is 0 Å². The zero-order valence-corrected chi connectivity index (χ0v) is 9.03. The number of aryl methyl sites for hydroxylation is 1. The van der Waals surface area contributed by atoms with Crippen LogP contribution < -0.4 is 4.74 Å². The molecule has 0 radical (unpaired) electrons.